The molecule has 0 atom stereocenters. The second-order valence-corrected chi connectivity index (χ2v) is 3.41. The van der Waals surface area contributed by atoms with Crippen LogP contribution in [0.1, 0.15) is 12.8 Å². The Labute approximate surface area is 102 Å². The highest BCUT2D eigenvalue weighted by Gasteiger charge is 2.32. The number of aliphatic hydroxyl groups is 1. The first-order valence-electron chi connectivity index (χ1n) is 5.36. The molecule has 0 aliphatic rings. The normalized spacial score (nSPS) is 12.0. The summed E-state index contributed by atoms with van der Waals surface area (Å²) in [5.41, 5.74) is 0.0267. The third kappa shape index (κ3) is 5.62. The Balaban J connectivity index is 2.64. The zero-order valence-corrected chi connectivity index (χ0v) is 9.52. The van der Waals surface area contributed by atoms with Crippen molar-refractivity contribution in [3.8, 4) is 5.75 Å². The molecule has 18 heavy (non-hydrogen) atoms. The van der Waals surface area contributed by atoms with E-state index in [0.717, 1.165) is 0 Å². The van der Waals surface area contributed by atoms with Gasteiger partial charge in [0.2, 0.25) is 0 Å². The lowest BCUT2D eigenvalue weighted by Crippen LogP contribution is -2.17. The maximum Gasteiger partial charge on any atom is 0.573 e. The average Bonchev–Trinajstić information content (AvgIpc) is 2.29. The standard InChI is InChI=1S/C11H13F3N2O2/c12-11(13,14)18-10-6-2-1-5-9(10)16-15-7-3-4-8-17/h1-2,5-6,17H,3-4,7-8H2. The molecule has 1 aromatic rings. The van der Waals surface area contributed by atoms with Gasteiger partial charge in [0.25, 0.3) is 0 Å². The number of para-hydroxylation sites is 1. The minimum Gasteiger partial charge on any atom is -0.403 e. The summed E-state index contributed by atoms with van der Waals surface area (Å²) in [6.45, 7) is 0.407. The van der Waals surface area contributed by atoms with Crippen LogP contribution in [-0.4, -0.2) is 24.6 Å². The topological polar surface area (TPSA) is 54.2 Å². The molecule has 7 heteroatoms. The third-order valence-corrected chi connectivity index (χ3v) is 1.94. The maximum atomic E-state index is 12.1. The number of unbranched alkanes of at least 4 members (excludes halogenated alkanes) is 1. The number of hydrogen-bond donors (Lipinski definition) is 1. The number of rotatable bonds is 6. The van der Waals surface area contributed by atoms with E-state index < -0.39 is 6.36 Å². The van der Waals surface area contributed by atoms with Crippen molar-refractivity contribution in [1.82, 2.24) is 0 Å². The second-order valence-electron chi connectivity index (χ2n) is 3.41. The van der Waals surface area contributed by atoms with Gasteiger partial charge in [0, 0.05) is 6.61 Å². The predicted molar refractivity (Wildman–Crippen MR) is 58.8 cm³/mol. The summed E-state index contributed by atoms with van der Waals surface area (Å²) < 4.78 is 40.1. The van der Waals surface area contributed by atoms with Crippen LogP contribution in [0.15, 0.2) is 34.5 Å². The Morgan fingerprint density at radius 1 is 1.17 bits per heavy atom. The van der Waals surface area contributed by atoms with Crippen molar-refractivity contribution in [2.45, 2.75) is 19.2 Å². The molecule has 0 heterocycles. The van der Waals surface area contributed by atoms with E-state index in [0.29, 0.717) is 19.4 Å². The molecule has 1 rings (SSSR count). The Bertz CT molecular complexity index is 394. The van der Waals surface area contributed by atoms with Gasteiger partial charge in [0.1, 0.15) is 5.69 Å². The average molecular weight is 262 g/mol. The molecule has 0 aliphatic heterocycles. The molecule has 0 amide bonds. The van der Waals surface area contributed by atoms with Crippen molar-refractivity contribution >= 4 is 5.69 Å². The smallest absolute Gasteiger partial charge is 0.403 e. The van der Waals surface area contributed by atoms with Crippen molar-refractivity contribution in [3.05, 3.63) is 24.3 Å². The fourth-order valence-corrected chi connectivity index (χ4v) is 1.17. The highest BCUT2D eigenvalue weighted by Crippen LogP contribution is 2.32. The number of azo groups is 1. The lowest BCUT2D eigenvalue weighted by Gasteiger charge is -2.09. The molecule has 0 radical (unpaired) electrons. The van der Waals surface area contributed by atoms with Gasteiger partial charge in [-0.05, 0) is 25.0 Å². The summed E-state index contributed by atoms with van der Waals surface area (Å²) in [5.74, 6) is -0.379. The summed E-state index contributed by atoms with van der Waals surface area (Å²) in [4.78, 5) is 0. The van der Waals surface area contributed by atoms with Gasteiger partial charge in [-0.1, -0.05) is 12.1 Å². The summed E-state index contributed by atoms with van der Waals surface area (Å²) in [5, 5.41) is 16.0. The van der Waals surface area contributed by atoms with Gasteiger partial charge in [-0.2, -0.15) is 10.2 Å². The van der Waals surface area contributed by atoms with Gasteiger partial charge in [-0.25, -0.2) is 0 Å². The molecule has 1 N–H and O–H groups in total. The van der Waals surface area contributed by atoms with Crippen molar-refractivity contribution in [2.24, 2.45) is 10.2 Å². The van der Waals surface area contributed by atoms with Gasteiger partial charge >= 0.3 is 6.36 Å². The lowest BCUT2D eigenvalue weighted by molar-refractivity contribution is -0.274. The fraction of sp³-hybridized carbons (Fsp3) is 0.455. The van der Waals surface area contributed by atoms with Crippen molar-refractivity contribution < 1.29 is 23.0 Å². The number of halogens is 3. The first-order valence-corrected chi connectivity index (χ1v) is 5.36. The quantitative estimate of drug-likeness (QED) is 0.630. The van der Waals surface area contributed by atoms with Crippen LogP contribution in [0.2, 0.25) is 0 Å². The minimum absolute atomic E-state index is 0.0267. The van der Waals surface area contributed by atoms with E-state index >= 15 is 0 Å². The molecule has 0 spiro atoms. The molecule has 0 bridgehead atoms. The van der Waals surface area contributed by atoms with E-state index in [-0.39, 0.29) is 18.0 Å². The van der Waals surface area contributed by atoms with E-state index in [4.69, 9.17) is 5.11 Å². The number of benzene rings is 1. The van der Waals surface area contributed by atoms with Crippen LogP contribution in [-0.2, 0) is 0 Å². The van der Waals surface area contributed by atoms with Gasteiger partial charge in [-0.15, -0.1) is 13.2 Å². The molecular formula is C11H13F3N2O2. The Hall–Kier alpha value is -1.63. The molecule has 0 aliphatic carbocycles. The Kier molecular flexibility index (Phi) is 5.57. The molecular weight excluding hydrogens is 249 g/mol. The Morgan fingerprint density at radius 2 is 1.89 bits per heavy atom. The van der Waals surface area contributed by atoms with Gasteiger partial charge in [0.05, 0.1) is 6.54 Å². The van der Waals surface area contributed by atoms with Crippen LogP contribution in [0, 0.1) is 0 Å². The minimum atomic E-state index is -4.75. The SMILES string of the molecule is OCCCCN=Nc1ccccc1OC(F)(F)F. The zero-order valence-electron chi connectivity index (χ0n) is 9.52. The number of ether oxygens (including phenoxy) is 1. The molecule has 1 aromatic carbocycles. The molecule has 0 saturated carbocycles. The summed E-state index contributed by atoms with van der Waals surface area (Å²) in [7, 11) is 0. The van der Waals surface area contributed by atoms with Crippen LogP contribution in [0.3, 0.4) is 0 Å². The summed E-state index contributed by atoms with van der Waals surface area (Å²) >= 11 is 0. The molecule has 0 fully saturated rings. The summed E-state index contributed by atoms with van der Waals surface area (Å²) in [6, 6.07) is 5.53. The van der Waals surface area contributed by atoms with Crippen molar-refractivity contribution in [3.63, 3.8) is 0 Å². The zero-order chi connectivity index (χ0) is 13.4. The van der Waals surface area contributed by atoms with E-state index in [1.54, 1.807) is 6.07 Å². The second kappa shape index (κ2) is 6.95. The molecule has 100 valence electrons. The molecule has 0 unspecified atom stereocenters. The van der Waals surface area contributed by atoms with Crippen LogP contribution in [0.5, 0.6) is 5.75 Å². The van der Waals surface area contributed by atoms with Gasteiger partial charge in [-0.3, -0.25) is 0 Å². The highest BCUT2D eigenvalue weighted by molar-refractivity contribution is 5.50. The monoisotopic (exact) mass is 262 g/mol. The van der Waals surface area contributed by atoms with Crippen molar-refractivity contribution in [2.75, 3.05) is 13.2 Å². The van der Waals surface area contributed by atoms with E-state index in [2.05, 4.69) is 15.0 Å². The van der Waals surface area contributed by atoms with Crippen molar-refractivity contribution in [1.29, 1.82) is 0 Å². The predicted octanol–water partition coefficient (Wildman–Crippen LogP) is 3.44. The maximum absolute atomic E-state index is 12.1. The number of aliphatic hydroxyl groups excluding tert-OH is 1. The third-order valence-electron chi connectivity index (χ3n) is 1.94. The largest absolute Gasteiger partial charge is 0.573 e. The van der Waals surface area contributed by atoms with Crippen LogP contribution >= 0.6 is 0 Å². The molecule has 0 saturated heterocycles. The van der Waals surface area contributed by atoms with Gasteiger partial charge in [0.15, 0.2) is 5.75 Å². The first-order chi connectivity index (χ1) is 8.53. The number of hydrogen-bond acceptors (Lipinski definition) is 4. The highest BCUT2D eigenvalue weighted by atomic mass is 19.4. The molecule has 0 aromatic heterocycles. The lowest BCUT2D eigenvalue weighted by atomic mass is 10.3. The molecule has 4 nitrogen and oxygen atoms in total. The van der Waals surface area contributed by atoms with Crippen LogP contribution in [0.4, 0.5) is 18.9 Å². The fourth-order valence-electron chi connectivity index (χ4n) is 1.17. The number of nitrogens with zero attached hydrogens (tertiary/aromatic N) is 2. The number of alkyl halides is 3. The van der Waals surface area contributed by atoms with Gasteiger partial charge < -0.3 is 9.84 Å². The van der Waals surface area contributed by atoms with E-state index in [1.807, 2.05) is 0 Å². The van der Waals surface area contributed by atoms with E-state index in [9.17, 15) is 13.2 Å². The Morgan fingerprint density at radius 3 is 2.56 bits per heavy atom. The van der Waals surface area contributed by atoms with E-state index in [1.165, 1.54) is 18.2 Å². The summed E-state index contributed by atoms with van der Waals surface area (Å²) in [6.07, 6.45) is -3.54. The first kappa shape index (κ1) is 14.4. The van der Waals surface area contributed by atoms with Crippen LogP contribution < -0.4 is 4.74 Å². The van der Waals surface area contributed by atoms with Crippen LogP contribution in [0.25, 0.3) is 0 Å².